The van der Waals surface area contributed by atoms with Gasteiger partial charge in [-0.25, -0.2) is 4.79 Å². The summed E-state index contributed by atoms with van der Waals surface area (Å²) in [4.78, 5) is 37.7. The summed E-state index contributed by atoms with van der Waals surface area (Å²) in [6.45, 7) is -0.657. The van der Waals surface area contributed by atoms with Gasteiger partial charge >= 0.3 is 5.97 Å². The Labute approximate surface area is 191 Å². The van der Waals surface area contributed by atoms with Gasteiger partial charge in [-0.1, -0.05) is 53.7 Å². The Morgan fingerprint density at radius 3 is 2.22 bits per heavy atom. The van der Waals surface area contributed by atoms with Gasteiger partial charge in [0.1, 0.15) is 0 Å². The molecule has 1 amide bonds. The fourth-order valence-corrected chi connectivity index (χ4v) is 3.50. The monoisotopic (exact) mass is 475 g/mol. The molecule has 0 unspecified atom stereocenters. The molecule has 0 atom stereocenters. The average Bonchev–Trinajstić information content (AvgIpc) is 2.78. The van der Waals surface area contributed by atoms with Crippen molar-refractivity contribution in [3.05, 3.63) is 94.5 Å². The number of ether oxygens (including phenoxy) is 1. The molecule has 5 nitrogen and oxygen atoms in total. The van der Waals surface area contributed by atoms with Crippen LogP contribution in [-0.2, 0) is 9.53 Å². The first kappa shape index (κ1) is 23.4. The molecule has 0 aliphatic carbocycles. The van der Waals surface area contributed by atoms with E-state index in [2.05, 4.69) is 5.32 Å². The lowest BCUT2D eigenvalue weighted by molar-refractivity contribution is -0.119. The highest BCUT2D eigenvalue weighted by Crippen LogP contribution is 2.31. The molecule has 9 heteroatoms. The third-order valence-electron chi connectivity index (χ3n) is 4.21. The molecule has 1 N–H and O–H groups in total. The maximum atomic E-state index is 12.8. The summed E-state index contributed by atoms with van der Waals surface area (Å²) in [5, 5.41) is 2.91. The van der Waals surface area contributed by atoms with Gasteiger partial charge in [0.05, 0.1) is 11.3 Å². The van der Waals surface area contributed by atoms with Crippen LogP contribution in [0.3, 0.4) is 0 Å². The largest absolute Gasteiger partial charge is 0.452 e. The Kier molecular flexibility index (Phi) is 7.97. The summed E-state index contributed by atoms with van der Waals surface area (Å²) in [6, 6.07) is 18.3. The maximum Gasteiger partial charge on any atom is 0.339 e. The van der Waals surface area contributed by atoms with Crippen LogP contribution in [0, 0.1) is 0 Å². The molecule has 32 heavy (non-hydrogen) atoms. The number of esters is 1. The predicted molar refractivity (Wildman–Crippen MR) is 119 cm³/mol. The molecule has 0 heterocycles. The fraction of sp³-hybridized carbons (Fsp3) is 0.0870. The van der Waals surface area contributed by atoms with Crippen LogP contribution in [0.2, 0.25) is 5.02 Å². The first-order valence-corrected chi connectivity index (χ1v) is 10.5. The number of rotatable bonds is 8. The van der Waals surface area contributed by atoms with Crippen molar-refractivity contribution >= 4 is 46.7 Å². The molecule has 0 aliphatic rings. The topological polar surface area (TPSA) is 72.5 Å². The van der Waals surface area contributed by atoms with E-state index in [0.717, 1.165) is 0 Å². The van der Waals surface area contributed by atoms with Crippen molar-refractivity contribution in [2.24, 2.45) is 0 Å². The molecule has 3 aromatic rings. The number of ketones is 1. The second-order valence-electron chi connectivity index (χ2n) is 6.38. The number of amides is 1. The normalized spacial score (nSPS) is 10.6. The van der Waals surface area contributed by atoms with Crippen molar-refractivity contribution in [2.75, 3.05) is 11.9 Å². The number of alkyl halides is 2. The summed E-state index contributed by atoms with van der Waals surface area (Å²) in [5.41, 5.74) is 0.616. The number of nitrogens with one attached hydrogen (secondary N) is 1. The van der Waals surface area contributed by atoms with Crippen molar-refractivity contribution in [1.29, 1.82) is 0 Å². The number of hydrogen-bond donors (Lipinski definition) is 1. The maximum absolute atomic E-state index is 12.8. The summed E-state index contributed by atoms with van der Waals surface area (Å²) >= 11 is 6.14. The van der Waals surface area contributed by atoms with Gasteiger partial charge in [-0.05, 0) is 42.5 Å². The highest BCUT2D eigenvalue weighted by atomic mass is 35.5. The number of anilines is 1. The molecule has 0 radical (unpaired) electrons. The quantitative estimate of drug-likeness (QED) is 0.258. The van der Waals surface area contributed by atoms with Gasteiger partial charge in [-0.2, -0.15) is 8.78 Å². The van der Waals surface area contributed by atoms with Crippen molar-refractivity contribution < 1.29 is 27.9 Å². The molecule has 0 saturated carbocycles. The standard InChI is InChI=1S/C23H16ClF2NO4S/c24-15-11-9-14(10-12-15)21(29)16-5-1-2-6-17(16)22(30)31-13-20(28)27-18-7-3-4-8-19(18)32-23(25)26/h1-12,23H,13H2,(H,27,28). The van der Waals surface area contributed by atoms with Crippen LogP contribution in [0.25, 0.3) is 0 Å². The van der Waals surface area contributed by atoms with E-state index >= 15 is 0 Å². The Hall–Kier alpha value is -3.23. The lowest BCUT2D eigenvalue weighted by Crippen LogP contribution is -2.22. The third kappa shape index (κ3) is 6.15. The second kappa shape index (κ2) is 10.9. The number of para-hydroxylation sites is 1. The molecule has 0 spiro atoms. The zero-order valence-corrected chi connectivity index (χ0v) is 18.0. The number of carbonyl (C=O) groups is 3. The van der Waals surface area contributed by atoms with Crippen LogP contribution in [0.15, 0.2) is 77.7 Å². The molecule has 3 aromatic carbocycles. The minimum Gasteiger partial charge on any atom is -0.452 e. The van der Waals surface area contributed by atoms with E-state index in [4.69, 9.17) is 16.3 Å². The first-order chi connectivity index (χ1) is 15.3. The van der Waals surface area contributed by atoms with E-state index in [1.807, 2.05) is 0 Å². The number of carbonyl (C=O) groups excluding carboxylic acids is 3. The predicted octanol–water partition coefficient (Wildman–Crippen LogP) is 5.68. The van der Waals surface area contributed by atoms with Gasteiger partial charge in [-0.15, -0.1) is 0 Å². The van der Waals surface area contributed by atoms with E-state index in [1.54, 1.807) is 36.4 Å². The summed E-state index contributed by atoms with van der Waals surface area (Å²) in [6.07, 6.45) is 0. The van der Waals surface area contributed by atoms with Gasteiger partial charge in [0.2, 0.25) is 0 Å². The van der Waals surface area contributed by atoms with Gasteiger partial charge in [0.25, 0.3) is 11.7 Å². The minimum atomic E-state index is -2.65. The number of hydrogen-bond acceptors (Lipinski definition) is 5. The number of halogens is 3. The summed E-state index contributed by atoms with van der Waals surface area (Å²) in [7, 11) is 0. The lowest BCUT2D eigenvalue weighted by Gasteiger charge is -2.11. The van der Waals surface area contributed by atoms with E-state index in [1.165, 1.54) is 36.4 Å². The molecule has 3 rings (SSSR count). The molecule has 164 valence electrons. The van der Waals surface area contributed by atoms with E-state index in [-0.39, 0.29) is 21.7 Å². The highest BCUT2D eigenvalue weighted by Gasteiger charge is 2.20. The van der Waals surface area contributed by atoms with Crippen LogP contribution in [0.5, 0.6) is 0 Å². The highest BCUT2D eigenvalue weighted by molar-refractivity contribution is 7.99. The van der Waals surface area contributed by atoms with Crippen LogP contribution in [-0.4, -0.2) is 30.0 Å². The molecular weight excluding hydrogens is 460 g/mol. The fourth-order valence-electron chi connectivity index (χ4n) is 2.78. The van der Waals surface area contributed by atoms with Crippen molar-refractivity contribution in [3.8, 4) is 0 Å². The smallest absolute Gasteiger partial charge is 0.339 e. The first-order valence-electron chi connectivity index (χ1n) is 9.25. The van der Waals surface area contributed by atoms with Gasteiger partial charge < -0.3 is 10.1 Å². The molecule has 0 aromatic heterocycles. The number of benzene rings is 3. The average molecular weight is 476 g/mol. The Morgan fingerprint density at radius 1 is 0.906 bits per heavy atom. The summed E-state index contributed by atoms with van der Waals surface area (Å²) < 4.78 is 30.4. The van der Waals surface area contributed by atoms with Gasteiger partial charge in [-0.3, -0.25) is 9.59 Å². The molecule has 0 aliphatic heterocycles. The molecular formula is C23H16ClF2NO4S. The zero-order valence-electron chi connectivity index (χ0n) is 16.4. The lowest BCUT2D eigenvalue weighted by atomic mass is 9.98. The molecule has 0 fully saturated rings. The van der Waals surface area contributed by atoms with Crippen molar-refractivity contribution in [1.82, 2.24) is 0 Å². The van der Waals surface area contributed by atoms with Crippen molar-refractivity contribution in [2.45, 2.75) is 10.7 Å². The molecule has 0 bridgehead atoms. The SMILES string of the molecule is O=C(COC(=O)c1ccccc1C(=O)c1ccc(Cl)cc1)Nc1ccccc1SC(F)F. The van der Waals surface area contributed by atoms with E-state index in [0.29, 0.717) is 22.3 Å². The van der Waals surface area contributed by atoms with Gasteiger partial charge in [0.15, 0.2) is 12.4 Å². The van der Waals surface area contributed by atoms with Crippen LogP contribution in [0.4, 0.5) is 14.5 Å². The van der Waals surface area contributed by atoms with Crippen molar-refractivity contribution in [3.63, 3.8) is 0 Å². The Balaban J connectivity index is 1.68. The second-order valence-corrected chi connectivity index (χ2v) is 7.85. The van der Waals surface area contributed by atoms with E-state index in [9.17, 15) is 23.2 Å². The van der Waals surface area contributed by atoms with Crippen LogP contribution < -0.4 is 5.32 Å². The third-order valence-corrected chi connectivity index (χ3v) is 5.25. The Morgan fingerprint density at radius 2 is 1.53 bits per heavy atom. The van der Waals surface area contributed by atoms with Crippen LogP contribution in [0.1, 0.15) is 26.3 Å². The summed E-state index contributed by atoms with van der Waals surface area (Å²) in [5.74, 6) is -4.63. The van der Waals surface area contributed by atoms with E-state index < -0.39 is 30.0 Å². The Bertz CT molecular complexity index is 1140. The minimum absolute atomic E-state index is 0.00564. The van der Waals surface area contributed by atoms with Gasteiger partial charge in [0, 0.05) is 21.0 Å². The zero-order chi connectivity index (χ0) is 23.1. The molecule has 0 saturated heterocycles. The number of thioether (sulfide) groups is 1. The van der Waals surface area contributed by atoms with Crippen LogP contribution >= 0.6 is 23.4 Å².